The van der Waals surface area contributed by atoms with Crippen molar-refractivity contribution in [1.82, 2.24) is 4.90 Å². The van der Waals surface area contributed by atoms with Gasteiger partial charge < -0.3 is 9.80 Å². The highest BCUT2D eigenvalue weighted by Gasteiger charge is 2.27. The lowest BCUT2D eigenvalue weighted by Crippen LogP contribution is -3.14. The normalized spacial score (nSPS) is 16.2. The Morgan fingerprint density at radius 3 is 2.17 bits per heavy atom. The molecule has 1 amide bonds. The van der Waals surface area contributed by atoms with Gasteiger partial charge in [-0.2, -0.15) is 0 Å². The molecular formula is C17H28N3O3S+. The van der Waals surface area contributed by atoms with Gasteiger partial charge in [-0.15, -0.1) is 0 Å². The van der Waals surface area contributed by atoms with Crippen LogP contribution in [0.15, 0.2) is 18.2 Å². The van der Waals surface area contributed by atoms with Crippen LogP contribution in [0.2, 0.25) is 0 Å². The van der Waals surface area contributed by atoms with E-state index in [1.807, 2.05) is 19.9 Å². The van der Waals surface area contributed by atoms with Crippen LogP contribution < -0.4 is 9.21 Å². The van der Waals surface area contributed by atoms with Gasteiger partial charge in [-0.25, -0.2) is 8.42 Å². The number of aryl methyl sites for hydroxylation is 2. The summed E-state index contributed by atoms with van der Waals surface area (Å²) in [6.07, 6.45) is 1.15. The summed E-state index contributed by atoms with van der Waals surface area (Å²) in [5, 5.41) is 0. The Hall–Kier alpha value is -1.60. The zero-order valence-electron chi connectivity index (χ0n) is 15.0. The predicted octanol–water partition coefficient (Wildman–Crippen LogP) is -0.184. The molecular weight excluding hydrogens is 326 g/mol. The van der Waals surface area contributed by atoms with E-state index in [1.165, 1.54) is 9.21 Å². The number of hydrogen-bond donors (Lipinski definition) is 1. The van der Waals surface area contributed by atoms with Crippen molar-refractivity contribution < 1.29 is 18.1 Å². The maximum absolute atomic E-state index is 12.6. The van der Waals surface area contributed by atoms with Gasteiger partial charge in [0.25, 0.3) is 0 Å². The highest BCUT2D eigenvalue weighted by atomic mass is 32.2. The minimum atomic E-state index is -3.52. The van der Waals surface area contributed by atoms with Crippen molar-refractivity contribution in [2.45, 2.75) is 20.8 Å². The van der Waals surface area contributed by atoms with Gasteiger partial charge in [-0.05, 0) is 44.0 Å². The number of nitrogens with zero attached hydrogens (tertiary/aromatic N) is 2. The molecule has 0 unspecified atom stereocenters. The monoisotopic (exact) mass is 354 g/mol. The third-order valence-corrected chi connectivity index (χ3v) is 5.64. The van der Waals surface area contributed by atoms with Crippen LogP contribution in [0.4, 0.5) is 5.69 Å². The topological polar surface area (TPSA) is 62.1 Å². The number of rotatable bonds is 5. The van der Waals surface area contributed by atoms with E-state index < -0.39 is 10.0 Å². The molecule has 0 aliphatic carbocycles. The zero-order valence-corrected chi connectivity index (χ0v) is 15.8. The number of piperazine rings is 1. The Morgan fingerprint density at radius 2 is 1.71 bits per heavy atom. The van der Waals surface area contributed by atoms with Gasteiger partial charge in [0.05, 0.1) is 44.7 Å². The predicted molar refractivity (Wildman–Crippen MR) is 95.9 cm³/mol. The van der Waals surface area contributed by atoms with Crippen LogP contribution >= 0.6 is 0 Å². The molecule has 1 aliphatic heterocycles. The number of sulfonamides is 1. The van der Waals surface area contributed by atoms with Crippen LogP contribution in [0.5, 0.6) is 0 Å². The molecule has 0 radical (unpaired) electrons. The molecule has 1 N–H and O–H groups in total. The van der Waals surface area contributed by atoms with E-state index in [-0.39, 0.29) is 12.5 Å². The number of carbonyl (C=O) groups excluding carboxylic acids is 1. The zero-order chi connectivity index (χ0) is 17.9. The van der Waals surface area contributed by atoms with E-state index in [4.69, 9.17) is 0 Å². The smallest absolute Gasteiger partial charge is 0.243 e. The number of carbonyl (C=O) groups is 1. The van der Waals surface area contributed by atoms with Gasteiger partial charge in [0, 0.05) is 0 Å². The minimum Gasteiger partial charge on any atom is -0.332 e. The highest BCUT2D eigenvalue weighted by molar-refractivity contribution is 7.92. The fourth-order valence-electron chi connectivity index (χ4n) is 3.14. The number of benzene rings is 1. The van der Waals surface area contributed by atoms with E-state index >= 15 is 0 Å². The number of nitrogens with one attached hydrogen (secondary N) is 1. The van der Waals surface area contributed by atoms with Gasteiger partial charge in [0.2, 0.25) is 15.9 Å². The van der Waals surface area contributed by atoms with Crippen molar-refractivity contribution in [1.29, 1.82) is 0 Å². The fourth-order valence-corrected chi connectivity index (χ4v) is 3.98. The van der Waals surface area contributed by atoms with Gasteiger partial charge in [0.1, 0.15) is 6.54 Å². The maximum Gasteiger partial charge on any atom is 0.243 e. The van der Waals surface area contributed by atoms with Crippen molar-refractivity contribution in [2.24, 2.45) is 0 Å². The standard InChI is InChI=1S/C17H27N3O3S/c1-5-18-6-8-19(9-7-18)17(21)13-20(24(4,22)23)16-11-14(2)10-15(3)12-16/h10-12H,5-9,13H2,1-4H3/p+1. The third-order valence-electron chi connectivity index (χ3n) is 4.50. The summed E-state index contributed by atoms with van der Waals surface area (Å²) in [4.78, 5) is 15.9. The van der Waals surface area contributed by atoms with Crippen molar-refractivity contribution >= 4 is 21.6 Å². The number of hydrogen-bond acceptors (Lipinski definition) is 3. The molecule has 1 fully saturated rings. The quantitative estimate of drug-likeness (QED) is 0.798. The summed E-state index contributed by atoms with van der Waals surface area (Å²) in [5.41, 5.74) is 2.51. The minimum absolute atomic E-state index is 0.130. The molecule has 134 valence electrons. The first-order valence-corrected chi connectivity index (χ1v) is 10.2. The summed E-state index contributed by atoms with van der Waals surface area (Å²) in [5.74, 6) is -0.130. The second-order valence-corrected chi connectivity index (χ2v) is 8.51. The summed E-state index contributed by atoms with van der Waals surface area (Å²) in [6.45, 7) is 10.1. The van der Waals surface area contributed by atoms with Crippen molar-refractivity contribution in [3.8, 4) is 0 Å². The molecule has 24 heavy (non-hydrogen) atoms. The molecule has 0 spiro atoms. The summed E-state index contributed by atoms with van der Waals surface area (Å²) < 4.78 is 25.7. The molecule has 1 aromatic carbocycles. The number of quaternary nitrogens is 1. The van der Waals surface area contributed by atoms with Gasteiger partial charge in [-0.3, -0.25) is 9.10 Å². The Bertz CT molecular complexity index is 675. The molecule has 1 heterocycles. The highest BCUT2D eigenvalue weighted by Crippen LogP contribution is 2.21. The first-order valence-electron chi connectivity index (χ1n) is 8.38. The first kappa shape index (κ1) is 18.7. The largest absolute Gasteiger partial charge is 0.332 e. The van der Waals surface area contributed by atoms with E-state index in [1.54, 1.807) is 17.0 Å². The van der Waals surface area contributed by atoms with Crippen LogP contribution in [-0.4, -0.2) is 64.7 Å². The average Bonchev–Trinajstić information content (AvgIpc) is 2.50. The average molecular weight is 354 g/mol. The van der Waals surface area contributed by atoms with Crippen LogP contribution in [0.3, 0.4) is 0 Å². The van der Waals surface area contributed by atoms with E-state index in [0.717, 1.165) is 37.0 Å². The lowest BCUT2D eigenvalue weighted by Gasteiger charge is -2.33. The Kier molecular flexibility index (Phi) is 5.87. The number of likely N-dealkylation sites (N-methyl/N-ethyl adjacent to an activating group) is 1. The number of anilines is 1. The summed E-state index contributed by atoms with van der Waals surface area (Å²) in [6, 6.07) is 5.60. The molecule has 0 bridgehead atoms. The molecule has 0 saturated carbocycles. The molecule has 7 heteroatoms. The number of amides is 1. The van der Waals surface area contributed by atoms with Crippen molar-refractivity contribution in [3.05, 3.63) is 29.3 Å². The first-order chi connectivity index (χ1) is 11.2. The maximum atomic E-state index is 12.6. The molecule has 1 aromatic rings. The molecule has 1 aliphatic rings. The van der Waals surface area contributed by atoms with Crippen molar-refractivity contribution in [3.63, 3.8) is 0 Å². The van der Waals surface area contributed by atoms with Crippen LogP contribution in [0.1, 0.15) is 18.1 Å². The lowest BCUT2D eigenvalue weighted by molar-refractivity contribution is -0.902. The fraction of sp³-hybridized carbons (Fsp3) is 0.588. The summed E-state index contributed by atoms with van der Waals surface area (Å²) in [7, 11) is -3.52. The third kappa shape index (κ3) is 4.70. The van der Waals surface area contributed by atoms with Crippen molar-refractivity contribution in [2.75, 3.05) is 49.8 Å². The Balaban J connectivity index is 2.17. The molecule has 1 saturated heterocycles. The Labute approximate surface area is 145 Å². The van der Waals surface area contributed by atoms with Crippen LogP contribution in [-0.2, 0) is 14.8 Å². The molecule has 2 rings (SSSR count). The second-order valence-electron chi connectivity index (χ2n) is 6.60. The van der Waals surface area contributed by atoms with Crippen LogP contribution in [0, 0.1) is 13.8 Å². The molecule has 0 aromatic heterocycles. The summed E-state index contributed by atoms with van der Waals surface area (Å²) >= 11 is 0. The van der Waals surface area contributed by atoms with E-state index in [0.29, 0.717) is 18.8 Å². The lowest BCUT2D eigenvalue weighted by atomic mass is 10.1. The second kappa shape index (κ2) is 7.53. The van der Waals surface area contributed by atoms with E-state index in [9.17, 15) is 13.2 Å². The Morgan fingerprint density at radius 1 is 1.17 bits per heavy atom. The molecule has 6 nitrogen and oxygen atoms in total. The van der Waals surface area contributed by atoms with Gasteiger partial charge in [-0.1, -0.05) is 6.07 Å². The van der Waals surface area contributed by atoms with Crippen LogP contribution in [0.25, 0.3) is 0 Å². The SMILES string of the molecule is CC[NH+]1CCN(C(=O)CN(c2cc(C)cc(C)c2)S(C)(=O)=O)CC1. The molecule has 0 atom stereocenters. The van der Waals surface area contributed by atoms with Gasteiger partial charge in [0.15, 0.2) is 0 Å². The van der Waals surface area contributed by atoms with Gasteiger partial charge >= 0.3 is 0 Å². The van der Waals surface area contributed by atoms with E-state index in [2.05, 4.69) is 6.92 Å².